The third kappa shape index (κ3) is 4.62. The minimum Gasteiger partial charge on any atom is -0.492 e. The lowest BCUT2D eigenvalue weighted by Gasteiger charge is -2.19. The smallest absolute Gasteiger partial charge is 0.265 e. The number of ether oxygens (including phenoxy) is 1. The fourth-order valence-corrected chi connectivity index (χ4v) is 6.27. The summed E-state index contributed by atoms with van der Waals surface area (Å²) in [5.74, 6) is -1.57. The van der Waals surface area contributed by atoms with E-state index in [9.17, 15) is 21.6 Å². The van der Waals surface area contributed by atoms with E-state index in [0.717, 1.165) is 11.8 Å². The summed E-state index contributed by atoms with van der Waals surface area (Å²) in [6, 6.07) is 10.6. The van der Waals surface area contributed by atoms with E-state index in [0.29, 0.717) is 9.99 Å². The normalized spacial score (nSPS) is 18.1. The highest BCUT2D eigenvalue weighted by atomic mass is 32.2. The van der Waals surface area contributed by atoms with Gasteiger partial charge < -0.3 is 9.64 Å². The Kier molecular flexibility index (Phi) is 6.19. The maximum atomic E-state index is 13.1. The molecule has 31 heavy (non-hydrogen) atoms. The van der Waals surface area contributed by atoms with Crippen molar-refractivity contribution < 1.29 is 26.4 Å². The lowest BCUT2D eigenvalue weighted by Crippen LogP contribution is -2.30. The first-order valence-electron chi connectivity index (χ1n) is 9.60. The van der Waals surface area contributed by atoms with E-state index in [1.165, 1.54) is 19.1 Å². The van der Waals surface area contributed by atoms with Crippen molar-refractivity contribution in [2.45, 2.75) is 18.7 Å². The second-order valence-corrected chi connectivity index (χ2v) is 10.9. The third-order valence-corrected chi connectivity index (χ3v) is 8.02. The first-order chi connectivity index (χ1) is 14.5. The standard InChI is InChI=1S/C20H25N3O6S2/c1-5-29-18-11-10-17(23-20(24)14(2)13-30(23,25)26)12-19(18)31(27,28)21-15-6-8-16(9-7-15)22(3)4/h6-12,14,21H,5,13H2,1-4H3. The molecule has 1 unspecified atom stereocenters. The van der Waals surface area contributed by atoms with Crippen molar-refractivity contribution in [3.63, 3.8) is 0 Å². The molecule has 1 amide bonds. The van der Waals surface area contributed by atoms with Crippen molar-refractivity contribution in [1.82, 2.24) is 0 Å². The Morgan fingerprint density at radius 3 is 2.32 bits per heavy atom. The van der Waals surface area contributed by atoms with E-state index in [4.69, 9.17) is 4.74 Å². The van der Waals surface area contributed by atoms with E-state index >= 15 is 0 Å². The van der Waals surface area contributed by atoms with Crippen LogP contribution >= 0.6 is 0 Å². The number of hydrogen-bond donors (Lipinski definition) is 1. The molecule has 0 aliphatic carbocycles. The number of sulfonamides is 2. The molecule has 3 rings (SSSR count). The van der Waals surface area contributed by atoms with Crippen LogP contribution in [0.3, 0.4) is 0 Å². The number of rotatable bonds is 7. The van der Waals surface area contributed by atoms with Crippen molar-refractivity contribution in [3.8, 4) is 5.75 Å². The van der Waals surface area contributed by atoms with Gasteiger partial charge in [-0.25, -0.2) is 21.1 Å². The maximum Gasteiger partial charge on any atom is 0.265 e. The summed E-state index contributed by atoms with van der Waals surface area (Å²) in [5.41, 5.74) is 1.19. The van der Waals surface area contributed by atoms with E-state index < -0.39 is 31.9 Å². The van der Waals surface area contributed by atoms with Gasteiger partial charge in [-0.2, -0.15) is 0 Å². The molecule has 168 valence electrons. The predicted octanol–water partition coefficient (Wildman–Crippen LogP) is 2.26. The van der Waals surface area contributed by atoms with E-state index in [1.54, 1.807) is 31.2 Å². The summed E-state index contributed by atoms with van der Waals surface area (Å²) >= 11 is 0. The van der Waals surface area contributed by atoms with Gasteiger partial charge in [0.25, 0.3) is 10.0 Å². The van der Waals surface area contributed by atoms with Gasteiger partial charge in [0, 0.05) is 25.5 Å². The molecule has 1 aliphatic heterocycles. The Hall–Kier alpha value is -2.79. The molecule has 1 aliphatic rings. The van der Waals surface area contributed by atoms with Crippen LogP contribution in [0.15, 0.2) is 47.4 Å². The summed E-state index contributed by atoms with van der Waals surface area (Å²) in [7, 11) is -4.28. The lowest BCUT2D eigenvalue weighted by molar-refractivity contribution is -0.119. The summed E-state index contributed by atoms with van der Waals surface area (Å²) in [5, 5.41) is 0. The maximum absolute atomic E-state index is 13.1. The second kappa shape index (κ2) is 8.39. The molecule has 2 aromatic rings. The van der Waals surface area contributed by atoms with E-state index in [1.807, 2.05) is 19.0 Å². The van der Waals surface area contributed by atoms with Crippen LogP contribution in [0.4, 0.5) is 17.1 Å². The monoisotopic (exact) mass is 467 g/mol. The van der Waals surface area contributed by atoms with Crippen LogP contribution < -0.4 is 18.7 Å². The number of carbonyl (C=O) groups is 1. The highest BCUT2D eigenvalue weighted by Crippen LogP contribution is 2.35. The number of nitrogens with zero attached hydrogens (tertiary/aromatic N) is 2. The zero-order valence-electron chi connectivity index (χ0n) is 17.7. The molecule has 2 aromatic carbocycles. The summed E-state index contributed by atoms with van der Waals surface area (Å²) in [6.07, 6.45) is 0. The van der Waals surface area contributed by atoms with Crippen LogP contribution in [0.5, 0.6) is 5.75 Å². The number of carbonyl (C=O) groups excluding carboxylic acids is 1. The number of amides is 1. The average molecular weight is 468 g/mol. The zero-order chi connectivity index (χ0) is 23.0. The molecule has 0 aromatic heterocycles. The Morgan fingerprint density at radius 2 is 1.81 bits per heavy atom. The Balaban J connectivity index is 2.03. The van der Waals surface area contributed by atoms with Gasteiger partial charge in [0.15, 0.2) is 0 Å². The first-order valence-corrected chi connectivity index (χ1v) is 12.7. The average Bonchev–Trinajstić information content (AvgIpc) is 2.89. The van der Waals surface area contributed by atoms with Crippen LogP contribution in [0.2, 0.25) is 0 Å². The van der Waals surface area contributed by atoms with Crippen molar-refractivity contribution in [3.05, 3.63) is 42.5 Å². The lowest BCUT2D eigenvalue weighted by atomic mass is 10.2. The first kappa shape index (κ1) is 22.9. The molecule has 1 fully saturated rings. The molecular weight excluding hydrogens is 442 g/mol. The molecule has 1 saturated heterocycles. The Labute approximate surface area is 182 Å². The van der Waals surface area contributed by atoms with Gasteiger partial charge in [-0.05, 0) is 49.4 Å². The SMILES string of the molecule is CCOc1ccc(N2C(=O)C(C)CS2(=O)=O)cc1S(=O)(=O)Nc1ccc(N(C)C)cc1. The van der Waals surface area contributed by atoms with Crippen molar-refractivity contribution >= 4 is 43.0 Å². The second-order valence-electron chi connectivity index (χ2n) is 7.39. The van der Waals surface area contributed by atoms with Gasteiger partial charge in [-0.3, -0.25) is 9.52 Å². The fourth-order valence-electron chi connectivity index (χ4n) is 3.23. The topological polar surface area (TPSA) is 113 Å². The van der Waals surface area contributed by atoms with Gasteiger partial charge in [0.2, 0.25) is 15.9 Å². The van der Waals surface area contributed by atoms with Crippen LogP contribution in [0, 0.1) is 5.92 Å². The number of nitrogens with one attached hydrogen (secondary N) is 1. The third-order valence-electron chi connectivity index (χ3n) is 4.75. The zero-order valence-corrected chi connectivity index (χ0v) is 19.3. The molecule has 0 radical (unpaired) electrons. The summed E-state index contributed by atoms with van der Waals surface area (Å²) < 4.78 is 59.7. The van der Waals surface area contributed by atoms with Gasteiger partial charge in [0.05, 0.1) is 24.0 Å². The van der Waals surface area contributed by atoms with Crippen molar-refractivity contribution in [2.24, 2.45) is 5.92 Å². The molecule has 0 saturated carbocycles. The predicted molar refractivity (Wildman–Crippen MR) is 120 cm³/mol. The highest BCUT2D eigenvalue weighted by Gasteiger charge is 2.42. The fraction of sp³-hybridized carbons (Fsp3) is 0.350. The van der Waals surface area contributed by atoms with Crippen LogP contribution in [0.25, 0.3) is 0 Å². The summed E-state index contributed by atoms with van der Waals surface area (Å²) in [6.45, 7) is 3.43. The minimum absolute atomic E-state index is 0.0406. The van der Waals surface area contributed by atoms with Gasteiger partial charge in [0.1, 0.15) is 10.6 Å². The Morgan fingerprint density at radius 1 is 1.16 bits per heavy atom. The molecule has 1 atom stereocenters. The molecule has 1 heterocycles. The van der Waals surface area contributed by atoms with Crippen molar-refractivity contribution in [2.75, 3.05) is 40.4 Å². The molecule has 0 spiro atoms. The van der Waals surface area contributed by atoms with Crippen LogP contribution in [-0.2, 0) is 24.8 Å². The molecule has 11 heteroatoms. The molecule has 9 nitrogen and oxygen atoms in total. The largest absolute Gasteiger partial charge is 0.492 e. The quantitative estimate of drug-likeness (QED) is 0.664. The number of benzene rings is 2. The highest BCUT2D eigenvalue weighted by molar-refractivity contribution is 7.94. The van der Waals surface area contributed by atoms with E-state index in [-0.39, 0.29) is 28.7 Å². The van der Waals surface area contributed by atoms with Gasteiger partial charge >= 0.3 is 0 Å². The van der Waals surface area contributed by atoms with Crippen LogP contribution in [0.1, 0.15) is 13.8 Å². The van der Waals surface area contributed by atoms with Gasteiger partial charge in [-0.15, -0.1) is 0 Å². The van der Waals surface area contributed by atoms with Crippen molar-refractivity contribution in [1.29, 1.82) is 0 Å². The molecular formula is C20H25N3O6S2. The molecule has 1 N–H and O–H groups in total. The van der Waals surface area contributed by atoms with E-state index in [2.05, 4.69) is 4.72 Å². The number of anilines is 3. The Bertz CT molecular complexity index is 1190. The molecule has 0 bridgehead atoms. The van der Waals surface area contributed by atoms with Gasteiger partial charge in [-0.1, -0.05) is 6.92 Å². The summed E-state index contributed by atoms with van der Waals surface area (Å²) in [4.78, 5) is 14.0. The van der Waals surface area contributed by atoms with Crippen LogP contribution in [-0.4, -0.2) is 49.2 Å². The minimum atomic E-state index is -4.14. The number of hydrogen-bond acceptors (Lipinski definition) is 7.